The predicted octanol–water partition coefficient (Wildman–Crippen LogP) is 4.10. The zero-order valence-electron chi connectivity index (χ0n) is 18.2. The second-order valence-corrected chi connectivity index (χ2v) is 7.44. The average Bonchev–Trinajstić information content (AvgIpc) is 2.70. The number of rotatable bonds is 11. The molecule has 0 radical (unpaired) electrons. The zero-order valence-corrected chi connectivity index (χ0v) is 18.2. The van der Waals surface area contributed by atoms with E-state index in [0.29, 0.717) is 25.1 Å². The summed E-state index contributed by atoms with van der Waals surface area (Å²) < 4.78 is 16.6. The normalized spacial score (nSPS) is 11.9. The van der Waals surface area contributed by atoms with Gasteiger partial charge in [0.25, 0.3) is 0 Å². The smallest absolute Gasteiger partial charge is 0.249 e. The van der Waals surface area contributed by atoms with Crippen molar-refractivity contribution < 1.29 is 19.0 Å². The number of amides is 1. The van der Waals surface area contributed by atoms with Gasteiger partial charge in [-0.15, -0.1) is 0 Å². The van der Waals surface area contributed by atoms with Crippen LogP contribution in [0.1, 0.15) is 37.0 Å². The molecule has 158 valence electrons. The highest BCUT2D eigenvalue weighted by Crippen LogP contribution is 2.29. The average molecular weight is 400 g/mol. The Bertz CT molecular complexity index is 771. The monoisotopic (exact) mass is 399 g/mol. The van der Waals surface area contributed by atoms with E-state index >= 15 is 0 Å². The molecule has 0 spiro atoms. The molecule has 5 nitrogen and oxygen atoms in total. The van der Waals surface area contributed by atoms with Crippen LogP contribution in [0.15, 0.2) is 42.5 Å². The third-order valence-electron chi connectivity index (χ3n) is 4.70. The number of hydrogen-bond acceptors (Lipinski definition) is 4. The van der Waals surface area contributed by atoms with E-state index < -0.39 is 6.10 Å². The molecule has 5 heteroatoms. The third-order valence-corrected chi connectivity index (χ3v) is 4.70. The molecule has 0 fully saturated rings. The van der Waals surface area contributed by atoms with Crippen molar-refractivity contribution >= 4 is 5.91 Å². The summed E-state index contributed by atoms with van der Waals surface area (Å²) in [5.74, 6) is 1.35. The Morgan fingerprint density at radius 1 is 0.966 bits per heavy atom. The first-order chi connectivity index (χ1) is 13.9. The highest BCUT2D eigenvalue weighted by Gasteiger charge is 2.17. The molecule has 0 saturated carbocycles. The summed E-state index contributed by atoms with van der Waals surface area (Å²) in [6, 6.07) is 14.2. The molecule has 0 heterocycles. The fourth-order valence-corrected chi connectivity index (χ4v) is 3.07. The standard InChI is InChI=1S/C24H33NO4/c1-17(2)29-21-12-11-20(16-23(21)28-5)14-15-25-24(26)22(27-4)13-10-19-8-6-18(3)7-9-19/h6-9,11-12,16-17,22H,10,13-15H2,1-5H3,(H,25,26)/t22-/m0/s1. The van der Waals surface area contributed by atoms with E-state index in [1.807, 2.05) is 32.0 Å². The van der Waals surface area contributed by atoms with Crippen molar-refractivity contribution in [1.82, 2.24) is 5.32 Å². The van der Waals surface area contributed by atoms with Gasteiger partial charge >= 0.3 is 0 Å². The predicted molar refractivity (Wildman–Crippen MR) is 116 cm³/mol. The van der Waals surface area contributed by atoms with E-state index in [1.165, 1.54) is 11.1 Å². The van der Waals surface area contributed by atoms with Crippen molar-refractivity contribution in [2.75, 3.05) is 20.8 Å². The number of benzene rings is 2. The van der Waals surface area contributed by atoms with Crippen LogP contribution < -0.4 is 14.8 Å². The van der Waals surface area contributed by atoms with E-state index in [-0.39, 0.29) is 12.0 Å². The molecule has 0 bridgehead atoms. The number of carbonyl (C=O) groups excluding carboxylic acids is 1. The largest absolute Gasteiger partial charge is 0.493 e. The molecular weight excluding hydrogens is 366 g/mol. The molecule has 1 atom stereocenters. The molecule has 2 rings (SSSR count). The van der Waals surface area contributed by atoms with Gasteiger partial charge in [-0.25, -0.2) is 0 Å². The Labute approximate surface area is 174 Å². The quantitative estimate of drug-likeness (QED) is 0.618. The van der Waals surface area contributed by atoms with E-state index in [1.54, 1.807) is 14.2 Å². The molecule has 2 aromatic carbocycles. The van der Waals surface area contributed by atoms with Crippen LogP contribution in [0, 0.1) is 6.92 Å². The topological polar surface area (TPSA) is 56.8 Å². The molecule has 1 N–H and O–H groups in total. The highest BCUT2D eigenvalue weighted by molar-refractivity contribution is 5.80. The highest BCUT2D eigenvalue weighted by atomic mass is 16.5. The van der Waals surface area contributed by atoms with Crippen molar-refractivity contribution in [2.45, 2.75) is 52.2 Å². The molecule has 29 heavy (non-hydrogen) atoms. The first-order valence-electron chi connectivity index (χ1n) is 10.1. The van der Waals surface area contributed by atoms with Gasteiger partial charge in [-0.1, -0.05) is 35.9 Å². The Morgan fingerprint density at radius 3 is 2.28 bits per heavy atom. The van der Waals surface area contributed by atoms with Gasteiger partial charge in [-0.3, -0.25) is 4.79 Å². The van der Waals surface area contributed by atoms with Gasteiger partial charge in [0.1, 0.15) is 6.10 Å². The summed E-state index contributed by atoms with van der Waals surface area (Å²) in [5.41, 5.74) is 3.52. The lowest BCUT2D eigenvalue weighted by molar-refractivity contribution is -0.131. The summed E-state index contributed by atoms with van der Waals surface area (Å²) in [5, 5.41) is 2.98. The SMILES string of the molecule is COc1cc(CCNC(=O)[C@H](CCc2ccc(C)cc2)OC)ccc1OC(C)C. The maximum absolute atomic E-state index is 12.5. The number of aryl methyl sites for hydroxylation is 2. The maximum Gasteiger partial charge on any atom is 0.249 e. The van der Waals surface area contributed by atoms with Crippen molar-refractivity contribution in [3.63, 3.8) is 0 Å². The van der Waals surface area contributed by atoms with Crippen LogP contribution in [0.3, 0.4) is 0 Å². The Morgan fingerprint density at radius 2 is 1.66 bits per heavy atom. The minimum absolute atomic E-state index is 0.0775. The molecular formula is C24H33NO4. The summed E-state index contributed by atoms with van der Waals surface area (Å²) >= 11 is 0. The molecule has 0 saturated heterocycles. The first-order valence-corrected chi connectivity index (χ1v) is 10.1. The summed E-state index contributed by atoms with van der Waals surface area (Å²) in [6.07, 6.45) is 1.80. The van der Waals surface area contributed by atoms with Gasteiger partial charge in [0.2, 0.25) is 5.91 Å². The van der Waals surface area contributed by atoms with Gasteiger partial charge in [-0.2, -0.15) is 0 Å². The molecule has 0 aliphatic carbocycles. The van der Waals surface area contributed by atoms with Gasteiger partial charge in [0, 0.05) is 13.7 Å². The van der Waals surface area contributed by atoms with Crippen LogP contribution in [0.5, 0.6) is 11.5 Å². The number of methoxy groups -OCH3 is 2. The van der Waals surface area contributed by atoms with E-state index in [9.17, 15) is 4.79 Å². The van der Waals surface area contributed by atoms with Crippen LogP contribution in [-0.4, -0.2) is 38.9 Å². The van der Waals surface area contributed by atoms with Crippen LogP contribution in [0.4, 0.5) is 0 Å². The second-order valence-electron chi connectivity index (χ2n) is 7.44. The first kappa shape index (κ1) is 22.8. The number of ether oxygens (including phenoxy) is 3. The van der Waals surface area contributed by atoms with Gasteiger partial charge in [-0.05, 0) is 63.3 Å². The Balaban J connectivity index is 1.83. The van der Waals surface area contributed by atoms with E-state index in [4.69, 9.17) is 14.2 Å². The third kappa shape index (κ3) is 7.42. The second kappa shape index (κ2) is 11.5. The molecule has 0 aliphatic heterocycles. The van der Waals surface area contributed by atoms with E-state index in [0.717, 1.165) is 17.7 Å². The lowest BCUT2D eigenvalue weighted by Gasteiger charge is -2.16. The van der Waals surface area contributed by atoms with Crippen LogP contribution >= 0.6 is 0 Å². The lowest BCUT2D eigenvalue weighted by atomic mass is 10.0. The molecule has 0 aromatic heterocycles. The molecule has 1 amide bonds. The number of carbonyl (C=O) groups is 1. The Hall–Kier alpha value is -2.53. The molecule has 2 aromatic rings. The summed E-state index contributed by atoms with van der Waals surface area (Å²) in [6.45, 7) is 6.56. The van der Waals surface area contributed by atoms with E-state index in [2.05, 4.69) is 36.5 Å². The maximum atomic E-state index is 12.5. The van der Waals surface area contributed by atoms with Crippen LogP contribution in [0.25, 0.3) is 0 Å². The minimum Gasteiger partial charge on any atom is -0.493 e. The number of hydrogen-bond donors (Lipinski definition) is 1. The van der Waals surface area contributed by atoms with Crippen molar-refractivity contribution in [1.29, 1.82) is 0 Å². The summed E-state index contributed by atoms with van der Waals surface area (Å²) in [7, 11) is 3.21. The molecule has 0 aliphatic rings. The fourth-order valence-electron chi connectivity index (χ4n) is 3.07. The van der Waals surface area contributed by atoms with Gasteiger partial charge in [0.05, 0.1) is 13.2 Å². The van der Waals surface area contributed by atoms with Gasteiger partial charge in [0.15, 0.2) is 11.5 Å². The van der Waals surface area contributed by atoms with Crippen LogP contribution in [0.2, 0.25) is 0 Å². The zero-order chi connectivity index (χ0) is 21.2. The Kier molecular flexibility index (Phi) is 9.00. The molecule has 0 unspecified atom stereocenters. The van der Waals surface area contributed by atoms with Crippen molar-refractivity contribution in [3.05, 3.63) is 59.2 Å². The van der Waals surface area contributed by atoms with Crippen LogP contribution in [-0.2, 0) is 22.4 Å². The number of nitrogens with one attached hydrogen (secondary N) is 1. The van der Waals surface area contributed by atoms with Crippen molar-refractivity contribution in [2.24, 2.45) is 0 Å². The summed E-state index contributed by atoms with van der Waals surface area (Å²) in [4.78, 5) is 12.5. The fraction of sp³-hybridized carbons (Fsp3) is 0.458. The minimum atomic E-state index is -0.451. The lowest BCUT2D eigenvalue weighted by Crippen LogP contribution is -2.37. The van der Waals surface area contributed by atoms with Crippen molar-refractivity contribution in [3.8, 4) is 11.5 Å². The van der Waals surface area contributed by atoms with Gasteiger partial charge < -0.3 is 19.5 Å².